The van der Waals surface area contributed by atoms with Gasteiger partial charge in [0, 0.05) is 13.1 Å². The first-order chi connectivity index (χ1) is 6.47. The molecule has 1 heterocycles. The van der Waals surface area contributed by atoms with Crippen molar-refractivity contribution in [3.05, 3.63) is 24.3 Å². The molecule has 0 aliphatic carbocycles. The maximum atomic E-state index is 5.52. The molecule has 1 aromatic rings. The molecule has 0 amide bonds. The summed E-state index contributed by atoms with van der Waals surface area (Å²) in [6.45, 7) is 3.14. The summed E-state index contributed by atoms with van der Waals surface area (Å²) in [5.74, 6) is 1.68. The minimum absolute atomic E-state index is 0.695. The van der Waals surface area contributed by atoms with Crippen molar-refractivity contribution >= 4 is 0 Å². The first-order valence-corrected chi connectivity index (χ1v) is 4.52. The summed E-state index contributed by atoms with van der Waals surface area (Å²) in [7, 11) is 0. The second-order valence-electron chi connectivity index (χ2n) is 2.89. The fourth-order valence-corrected chi connectivity index (χ4v) is 1.28. The van der Waals surface area contributed by atoms with Crippen molar-refractivity contribution in [2.24, 2.45) is 0 Å². The lowest BCUT2D eigenvalue weighted by atomic mass is 10.3. The van der Waals surface area contributed by atoms with Gasteiger partial charge in [-0.1, -0.05) is 12.1 Å². The van der Waals surface area contributed by atoms with Gasteiger partial charge in [-0.25, -0.2) is 0 Å². The van der Waals surface area contributed by atoms with Crippen LogP contribution in [-0.2, 0) is 0 Å². The summed E-state index contributed by atoms with van der Waals surface area (Å²) in [6.07, 6.45) is 0. The molecule has 0 saturated carbocycles. The molecule has 2 rings (SSSR count). The van der Waals surface area contributed by atoms with Gasteiger partial charge in [0.15, 0.2) is 11.5 Å². The van der Waals surface area contributed by atoms with Crippen LogP contribution < -0.4 is 14.8 Å². The molecule has 1 N–H and O–H groups in total. The molecule has 0 radical (unpaired) electrons. The molecule has 0 unspecified atom stereocenters. The molecule has 3 nitrogen and oxygen atoms in total. The lowest BCUT2D eigenvalue weighted by Gasteiger charge is -2.08. The molecule has 3 heteroatoms. The second kappa shape index (κ2) is 4.14. The number of rotatable bonds is 0. The van der Waals surface area contributed by atoms with Gasteiger partial charge in [0.25, 0.3) is 0 Å². The molecule has 1 aromatic carbocycles. The summed E-state index contributed by atoms with van der Waals surface area (Å²) in [5, 5.41) is 3.21. The third-order valence-electron chi connectivity index (χ3n) is 1.92. The predicted octanol–water partition coefficient (Wildman–Crippen LogP) is 1.05. The third kappa shape index (κ3) is 2.12. The van der Waals surface area contributed by atoms with E-state index in [1.165, 1.54) is 0 Å². The van der Waals surface area contributed by atoms with E-state index in [0.29, 0.717) is 13.2 Å². The van der Waals surface area contributed by atoms with Crippen LogP contribution >= 0.6 is 0 Å². The monoisotopic (exact) mass is 179 g/mol. The summed E-state index contributed by atoms with van der Waals surface area (Å²) >= 11 is 0. The van der Waals surface area contributed by atoms with Gasteiger partial charge in [-0.05, 0) is 12.1 Å². The number of fused-ring (bicyclic) bond motifs is 1. The second-order valence-corrected chi connectivity index (χ2v) is 2.89. The highest BCUT2D eigenvalue weighted by atomic mass is 16.5. The lowest BCUT2D eigenvalue weighted by molar-refractivity contribution is 0.295. The van der Waals surface area contributed by atoms with Crippen LogP contribution in [-0.4, -0.2) is 26.3 Å². The normalized spacial score (nSPS) is 16.9. The minimum Gasteiger partial charge on any atom is -0.488 e. The smallest absolute Gasteiger partial charge is 0.161 e. The van der Waals surface area contributed by atoms with Crippen LogP contribution in [0.2, 0.25) is 0 Å². The lowest BCUT2D eigenvalue weighted by Crippen LogP contribution is -2.24. The predicted molar refractivity (Wildman–Crippen MR) is 50.3 cm³/mol. The van der Waals surface area contributed by atoms with Gasteiger partial charge >= 0.3 is 0 Å². The Hall–Kier alpha value is -1.22. The van der Waals surface area contributed by atoms with E-state index in [9.17, 15) is 0 Å². The molecule has 0 saturated heterocycles. The summed E-state index contributed by atoms with van der Waals surface area (Å²) < 4.78 is 11.0. The van der Waals surface area contributed by atoms with Crippen molar-refractivity contribution in [1.29, 1.82) is 0 Å². The fourth-order valence-electron chi connectivity index (χ4n) is 1.28. The summed E-state index contributed by atoms with van der Waals surface area (Å²) in [4.78, 5) is 0. The largest absolute Gasteiger partial charge is 0.488 e. The first kappa shape index (κ1) is 8.38. The highest BCUT2D eigenvalue weighted by Crippen LogP contribution is 2.26. The molecule has 0 atom stereocenters. The van der Waals surface area contributed by atoms with Crippen molar-refractivity contribution in [2.45, 2.75) is 0 Å². The van der Waals surface area contributed by atoms with Gasteiger partial charge in [-0.3, -0.25) is 0 Å². The third-order valence-corrected chi connectivity index (χ3v) is 1.92. The SMILES string of the molecule is c1ccc2c(c1)OCCNCCO2. The summed E-state index contributed by atoms with van der Waals surface area (Å²) in [5.41, 5.74) is 0. The van der Waals surface area contributed by atoms with Crippen LogP contribution in [0.3, 0.4) is 0 Å². The molecule has 0 spiro atoms. The Morgan fingerprint density at radius 2 is 1.46 bits per heavy atom. The van der Waals surface area contributed by atoms with Crippen LogP contribution in [0.25, 0.3) is 0 Å². The number of benzene rings is 1. The molecular weight excluding hydrogens is 166 g/mol. The van der Waals surface area contributed by atoms with Gasteiger partial charge in [0.05, 0.1) is 0 Å². The number of hydrogen-bond acceptors (Lipinski definition) is 3. The first-order valence-electron chi connectivity index (χ1n) is 4.52. The maximum absolute atomic E-state index is 5.52. The van der Waals surface area contributed by atoms with Crippen LogP contribution in [0.1, 0.15) is 0 Å². The Morgan fingerprint density at radius 1 is 0.923 bits per heavy atom. The van der Waals surface area contributed by atoms with Crippen molar-refractivity contribution in [3.63, 3.8) is 0 Å². The highest BCUT2D eigenvalue weighted by molar-refractivity contribution is 5.39. The zero-order valence-corrected chi connectivity index (χ0v) is 7.45. The van der Waals surface area contributed by atoms with E-state index >= 15 is 0 Å². The Bertz CT molecular complexity index is 248. The topological polar surface area (TPSA) is 30.5 Å². The van der Waals surface area contributed by atoms with E-state index in [0.717, 1.165) is 24.6 Å². The van der Waals surface area contributed by atoms with Crippen molar-refractivity contribution in [3.8, 4) is 11.5 Å². The quantitative estimate of drug-likeness (QED) is 0.645. The van der Waals surface area contributed by atoms with Gasteiger partial charge in [-0.15, -0.1) is 0 Å². The molecule has 0 fully saturated rings. The Kier molecular flexibility index (Phi) is 2.67. The number of ether oxygens (including phenoxy) is 2. The maximum Gasteiger partial charge on any atom is 0.161 e. The van der Waals surface area contributed by atoms with Gasteiger partial charge in [0.2, 0.25) is 0 Å². The number of hydrogen-bond donors (Lipinski definition) is 1. The van der Waals surface area contributed by atoms with E-state index in [2.05, 4.69) is 5.32 Å². The standard InChI is InChI=1S/C10H13NO2/c1-2-4-10-9(3-1)12-7-5-11-6-8-13-10/h1-4,11H,5-8H2. The number of nitrogens with one attached hydrogen (secondary N) is 1. The van der Waals surface area contributed by atoms with Crippen LogP contribution in [0.15, 0.2) is 24.3 Å². The van der Waals surface area contributed by atoms with Crippen molar-refractivity contribution in [1.82, 2.24) is 5.32 Å². The molecule has 0 bridgehead atoms. The van der Waals surface area contributed by atoms with Gasteiger partial charge in [-0.2, -0.15) is 0 Å². The minimum atomic E-state index is 0.695. The van der Waals surface area contributed by atoms with Crippen molar-refractivity contribution < 1.29 is 9.47 Å². The Balaban J connectivity index is 2.17. The zero-order valence-electron chi connectivity index (χ0n) is 7.45. The average molecular weight is 179 g/mol. The van der Waals surface area contributed by atoms with Crippen LogP contribution in [0.5, 0.6) is 11.5 Å². The van der Waals surface area contributed by atoms with E-state index in [1.807, 2.05) is 24.3 Å². The Labute approximate surface area is 77.7 Å². The molecule has 1 aliphatic heterocycles. The van der Waals surface area contributed by atoms with E-state index in [1.54, 1.807) is 0 Å². The zero-order chi connectivity index (χ0) is 8.93. The fraction of sp³-hybridized carbons (Fsp3) is 0.400. The summed E-state index contributed by atoms with van der Waals surface area (Å²) in [6, 6.07) is 7.77. The molecule has 70 valence electrons. The Morgan fingerprint density at radius 3 is 2.00 bits per heavy atom. The van der Waals surface area contributed by atoms with Gasteiger partial charge < -0.3 is 14.8 Å². The van der Waals surface area contributed by atoms with Crippen LogP contribution in [0, 0.1) is 0 Å². The molecule has 13 heavy (non-hydrogen) atoms. The molecular formula is C10H13NO2. The molecule has 1 aliphatic rings. The van der Waals surface area contributed by atoms with E-state index in [4.69, 9.17) is 9.47 Å². The van der Waals surface area contributed by atoms with Crippen LogP contribution in [0.4, 0.5) is 0 Å². The van der Waals surface area contributed by atoms with Crippen molar-refractivity contribution in [2.75, 3.05) is 26.3 Å². The van der Waals surface area contributed by atoms with E-state index in [-0.39, 0.29) is 0 Å². The van der Waals surface area contributed by atoms with Gasteiger partial charge in [0.1, 0.15) is 13.2 Å². The average Bonchev–Trinajstić information content (AvgIpc) is 2.28. The van der Waals surface area contributed by atoms with E-state index < -0.39 is 0 Å². The number of para-hydroxylation sites is 2. The highest BCUT2D eigenvalue weighted by Gasteiger charge is 2.05. The molecule has 0 aromatic heterocycles.